The van der Waals surface area contributed by atoms with Gasteiger partial charge in [0.1, 0.15) is 22.3 Å². The summed E-state index contributed by atoms with van der Waals surface area (Å²) in [4.78, 5) is 8.43. The third-order valence-corrected chi connectivity index (χ3v) is 26.1. The van der Waals surface area contributed by atoms with Crippen molar-refractivity contribution in [1.82, 2.24) is 0 Å². The van der Waals surface area contributed by atoms with E-state index < -0.39 is 0 Å². The Balaban J connectivity index is 0.859. The largest absolute Gasteiger partial charge is 0.455 e. The molecule has 6 heteroatoms. The molecule has 116 heavy (non-hydrogen) atoms. The standard InChI is InChI=1S/C110H76BN3O2/c1-9-29-70(30-10-1)80-61-93(74-37-17-5-18-38-74)105(94(62-80)75-39-19-6-20-40-75)113-99-55-53-78(87-47-27-51-91-89-49-25-45-85(107(89)115-109(87)91)72-33-13-3-14-34-72)65-97(99)111-98-66-79(88-48-28-52-92-90-50-26-46-86(108(90)116-110(88)92)73-35-15-4-16-36-73)54-56-100(98)114(103-68-84(67-102(113)104(103)111)112-83-58-69-57-82(60-83)101(112)59-69)106-95(76-41-21-7-22-42-76)63-81(71-31-11-2-12-32-71)64-96(106)77-43-23-8-24-44-77/h1-56,61-69,82-83,101H,57-60H2. The fourth-order valence-electron chi connectivity index (χ4n) is 21.2. The topological polar surface area (TPSA) is 36.0 Å². The molecule has 4 fully saturated rings. The minimum Gasteiger partial charge on any atom is -0.455 e. The molecular weight excluding hydrogens is 1410 g/mol. The zero-order chi connectivity index (χ0) is 76.1. The van der Waals surface area contributed by atoms with Crippen LogP contribution in [0.2, 0.25) is 0 Å². The van der Waals surface area contributed by atoms with Gasteiger partial charge in [-0.2, -0.15) is 0 Å². The van der Waals surface area contributed by atoms with Crippen LogP contribution in [0, 0.1) is 11.8 Å². The lowest BCUT2D eigenvalue weighted by Gasteiger charge is -2.47. The quantitative estimate of drug-likeness (QED) is 0.108. The smallest absolute Gasteiger partial charge is 0.252 e. The van der Waals surface area contributed by atoms with E-state index in [9.17, 15) is 0 Å². The number of furan rings is 2. The molecule has 0 amide bonds. The highest BCUT2D eigenvalue weighted by Gasteiger charge is 2.54. The summed E-state index contributed by atoms with van der Waals surface area (Å²) < 4.78 is 14.9. The lowest BCUT2D eigenvalue weighted by molar-refractivity contribution is 0.340. The SMILES string of the molecule is c1ccc(-c2cc(-c3ccccc3)c(N3c4ccc(-c5cccc6c5oc5c(-c7ccccc7)cccc56)cc4B4c5cc(-c6cccc7c6oc6c(-c8ccccc8)cccc67)ccc5N(c5c(-c6ccccc6)cc(-c6ccccc6)cc5-c5ccccc5)c5cc(N6C7CC8CC(C7)C6C8)cc3c54)c(-c3ccccc3)c2)cc1. The van der Waals surface area contributed by atoms with Crippen molar-refractivity contribution in [3.63, 3.8) is 0 Å². The van der Waals surface area contributed by atoms with Gasteiger partial charge in [-0.25, -0.2) is 0 Å². The van der Waals surface area contributed by atoms with Crippen LogP contribution in [0.3, 0.4) is 0 Å². The van der Waals surface area contributed by atoms with Gasteiger partial charge in [0.25, 0.3) is 6.71 Å². The van der Waals surface area contributed by atoms with Crippen LogP contribution in [0.1, 0.15) is 25.7 Å². The van der Waals surface area contributed by atoms with Gasteiger partial charge >= 0.3 is 0 Å². The molecule has 19 aromatic rings. The molecule has 4 bridgehead atoms. The molecule has 6 aliphatic rings. The maximum atomic E-state index is 7.45. The molecule has 2 aromatic heterocycles. The Morgan fingerprint density at radius 3 is 0.897 bits per heavy atom. The van der Waals surface area contributed by atoms with E-state index in [4.69, 9.17) is 8.83 Å². The van der Waals surface area contributed by atoms with Crippen molar-refractivity contribution < 1.29 is 8.83 Å². The van der Waals surface area contributed by atoms with E-state index in [2.05, 4.69) is 403 Å². The summed E-state index contributed by atoms with van der Waals surface area (Å²) in [6, 6.07) is 146. The van der Waals surface area contributed by atoms with Crippen LogP contribution in [-0.2, 0) is 0 Å². The number of para-hydroxylation sites is 4. The van der Waals surface area contributed by atoms with Crippen molar-refractivity contribution in [2.75, 3.05) is 14.7 Å². The predicted molar refractivity (Wildman–Crippen MR) is 485 cm³/mol. The van der Waals surface area contributed by atoms with Crippen LogP contribution < -0.4 is 31.1 Å². The summed E-state index contributed by atoms with van der Waals surface area (Å²) in [6.45, 7) is -0.357. The molecule has 5 nitrogen and oxygen atoms in total. The number of nitrogens with zero attached hydrogens (tertiary/aromatic N) is 3. The first kappa shape index (κ1) is 66.4. The van der Waals surface area contributed by atoms with Crippen molar-refractivity contribution >= 4 is 107 Å². The number of hydrogen-bond acceptors (Lipinski definition) is 5. The zero-order valence-corrected chi connectivity index (χ0v) is 63.8. The second-order valence-corrected chi connectivity index (χ2v) is 32.4. The van der Waals surface area contributed by atoms with Gasteiger partial charge in [0.05, 0.1) is 11.4 Å². The summed E-state index contributed by atoms with van der Waals surface area (Å²) in [7, 11) is 0. The van der Waals surface area contributed by atoms with Gasteiger partial charge in [-0.05, 0) is 169 Å². The Labute approximate surface area is 675 Å². The third-order valence-electron chi connectivity index (χ3n) is 26.1. The molecule has 25 rings (SSSR count). The number of hydrogen-bond donors (Lipinski definition) is 0. The summed E-state index contributed by atoms with van der Waals surface area (Å²) in [5.41, 5.74) is 37.4. The minimum atomic E-state index is -0.357. The monoisotopic (exact) mass is 1480 g/mol. The molecule has 4 atom stereocenters. The van der Waals surface area contributed by atoms with Crippen molar-refractivity contribution in [1.29, 1.82) is 0 Å². The van der Waals surface area contributed by atoms with Crippen LogP contribution in [0.15, 0.2) is 397 Å². The van der Waals surface area contributed by atoms with Gasteiger partial charge in [-0.3, -0.25) is 0 Å². The highest BCUT2D eigenvalue weighted by molar-refractivity contribution is 7.00. The first-order valence-corrected chi connectivity index (χ1v) is 41.1. The number of rotatable bonds is 13. The highest BCUT2D eigenvalue weighted by Crippen LogP contribution is 2.60. The van der Waals surface area contributed by atoms with Crippen LogP contribution in [0.25, 0.3) is 155 Å². The van der Waals surface area contributed by atoms with Crippen LogP contribution in [-0.4, -0.2) is 18.8 Å². The number of anilines is 7. The van der Waals surface area contributed by atoms with E-state index in [1.54, 1.807) is 0 Å². The molecule has 6 heterocycles. The van der Waals surface area contributed by atoms with E-state index in [0.717, 1.165) is 195 Å². The second-order valence-electron chi connectivity index (χ2n) is 32.4. The fourth-order valence-corrected chi connectivity index (χ4v) is 21.2. The molecule has 0 N–H and O–H groups in total. The molecule has 4 aliphatic heterocycles. The average Bonchev–Trinajstić information content (AvgIpc) is 0.791. The van der Waals surface area contributed by atoms with Crippen LogP contribution in [0.5, 0.6) is 0 Å². The molecule has 2 saturated heterocycles. The Bertz CT molecular complexity index is 6580. The molecule has 17 aromatic carbocycles. The summed E-state index contributed by atoms with van der Waals surface area (Å²) >= 11 is 0. The first-order chi connectivity index (χ1) is 57.5. The highest BCUT2D eigenvalue weighted by atomic mass is 16.3. The normalized spacial score (nSPS) is 16.2. The van der Waals surface area contributed by atoms with E-state index in [-0.39, 0.29) is 6.71 Å². The minimum absolute atomic E-state index is 0.357. The molecule has 2 aliphatic carbocycles. The third kappa shape index (κ3) is 10.6. The Morgan fingerprint density at radius 2 is 0.560 bits per heavy atom. The van der Waals surface area contributed by atoms with E-state index in [1.807, 2.05) is 0 Å². The summed E-state index contributed by atoms with van der Waals surface area (Å²) in [5, 5.41) is 4.34. The molecule has 0 radical (unpaired) electrons. The van der Waals surface area contributed by atoms with Gasteiger partial charge in [0, 0.05) is 107 Å². The van der Waals surface area contributed by atoms with Gasteiger partial charge < -0.3 is 23.5 Å². The Kier molecular flexibility index (Phi) is 15.3. The first-order valence-electron chi connectivity index (χ1n) is 41.1. The molecule has 0 spiro atoms. The molecule has 2 saturated carbocycles. The number of benzene rings is 17. The van der Waals surface area contributed by atoms with Gasteiger partial charge in [-0.15, -0.1) is 0 Å². The van der Waals surface area contributed by atoms with Crippen LogP contribution >= 0.6 is 0 Å². The average molecular weight is 1480 g/mol. The van der Waals surface area contributed by atoms with E-state index in [0.29, 0.717) is 18.0 Å². The predicted octanol–water partition coefficient (Wildman–Crippen LogP) is 27.6. The van der Waals surface area contributed by atoms with Crippen LogP contribution in [0.4, 0.5) is 39.8 Å². The van der Waals surface area contributed by atoms with Crippen molar-refractivity contribution in [3.8, 4) is 111 Å². The molecule has 546 valence electrons. The number of fused-ring (bicyclic) bond motifs is 10. The van der Waals surface area contributed by atoms with E-state index in [1.165, 1.54) is 47.8 Å². The number of piperidine rings is 1. The van der Waals surface area contributed by atoms with E-state index >= 15 is 0 Å². The zero-order valence-electron chi connectivity index (χ0n) is 63.8. The van der Waals surface area contributed by atoms with Gasteiger partial charge in [-0.1, -0.05) is 340 Å². The molecular formula is C110H76BN3O2. The lowest BCUT2D eigenvalue weighted by atomic mass is 9.33. The van der Waals surface area contributed by atoms with Crippen molar-refractivity contribution in [2.45, 2.75) is 37.8 Å². The van der Waals surface area contributed by atoms with Crippen molar-refractivity contribution in [2.24, 2.45) is 11.8 Å². The maximum Gasteiger partial charge on any atom is 0.252 e. The Morgan fingerprint density at radius 1 is 0.241 bits per heavy atom. The van der Waals surface area contributed by atoms with Crippen molar-refractivity contribution in [3.05, 3.63) is 388 Å². The maximum absolute atomic E-state index is 7.45. The van der Waals surface area contributed by atoms with Gasteiger partial charge in [0.15, 0.2) is 0 Å². The Hall–Kier alpha value is -14.2. The summed E-state index contributed by atoms with van der Waals surface area (Å²) in [5.74, 6) is 1.39. The summed E-state index contributed by atoms with van der Waals surface area (Å²) in [6.07, 6.45) is 4.94. The molecule has 4 unspecified atom stereocenters. The second kappa shape index (κ2) is 26.7. The fraction of sp³-hybridized carbons (Fsp3) is 0.0727. The van der Waals surface area contributed by atoms with Gasteiger partial charge in [0.2, 0.25) is 0 Å². The lowest BCUT2D eigenvalue weighted by Crippen LogP contribution is -2.61.